The van der Waals surface area contributed by atoms with Crippen molar-refractivity contribution in [3.63, 3.8) is 0 Å². The molecule has 0 radical (unpaired) electrons. The number of anilines is 1. The first-order valence-corrected chi connectivity index (χ1v) is 8.62. The average molecular weight is 351 g/mol. The Morgan fingerprint density at radius 1 is 1.23 bits per heavy atom. The van der Waals surface area contributed by atoms with Crippen LogP contribution in [0.15, 0.2) is 35.4 Å². The summed E-state index contributed by atoms with van der Waals surface area (Å²) in [5.74, 6) is 1.33. The molecule has 6 heteroatoms. The molecule has 0 fully saturated rings. The zero-order valence-corrected chi connectivity index (χ0v) is 15.1. The third-order valence-electron chi connectivity index (χ3n) is 4.87. The second-order valence-corrected chi connectivity index (χ2v) is 6.80. The van der Waals surface area contributed by atoms with Crippen LogP contribution in [-0.2, 0) is 11.2 Å². The van der Waals surface area contributed by atoms with Gasteiger partial charge in [0.15, 0.2) is 11.5 Å². The Bertz CT molecular complexity index is 936. The lowest BCUT2D eigenvalue weighted by Gasteiger charge is -2.21. The molecule has 0 saturated heterocycles. The quantitative estimate of drug-likeness (QED) is 0.802. The molecular weight excluding hydrogens is 330 g/mol. The van der Waals surface area contributed by atoms with Crippen molar-refractivity contribution >= 4 is 17.3 Å². The maximum atomic E-state index is 12.2. The Kier molecular flexibility index (Phi) is 3.83. The van der Waals surface area contributed by atoms with E-state index in [0.717, 1.165) is 28.0 Å². The molecule has 1 amide bonds. The van der Waals surface area contributed by atoms with E-state index in [0.29, 0.717) is 23.6 Å². The normalized spacial score (nSPS) is 18.2. The van der Waals surface area contributed by atoms with Crippen LogP contribution >= 0.6 is 0 Å². The van der Waals surface area contributed by atoms with Crippen LogP contribution in [0.3, 0.4) is 0 Å². The number of hydrazone groups is 1. The molecule has 2 aliphatic heterocycles. The summed E-state index contributed by atoms with van der Waals surface area (Å²) in [6.07, 6.45) is 0.680. The highest BCUT2D eigenvalue weighted by Crippen LogP contribution is 2.37. The first-order valence-electron chi connectivity index (χ1n) is 8.62. The number of carbonyl (C=O) groups excluding carboxylic acids is 1. The minimum Gasteiger partial charge on any atom is -0.454 e. The van der Waals surface area contributed by atoms with E-state index in [9.17, 15) is 4.79 Å². The molecule has 0 bridgehead atoms. The largest absolute Gasteiger partial charge is 0.454 e. The maximum Gasteiger partial charge on any atom is 0.239 e. The Labute approximate surface area is 152 Å². The number of benzene rings is 2. The van der Waals surface area contributed by atoms with Gasteiger partial charge in [-0.1, -0.05) is 12.1 Å². The summed E-state index contributed by atoms with van der Waals surface area (Å²) in [6, 6.07) is 9.72. The molecule has 2 heterocycles. The van der Waals surface area contributed by atoms with Gasteiger partial charge in [0.1, 0.15) is 0 Å². The summed E-state index contributed by atoms with van der Waals surface area (Å²) in [6.45, 7) is 5.70. The topological polar surface area (TPSA) is 77.2 Å². The predicted molar refractivity (Wildman–Crippen MR) is 99.5 cm³/mol. The van der Waals surface area contributed by atoms with E-state index < -0.39 is 0 Å². The van der Waals surface area contributed by atoms with E-state index in [2.05, 4.69) is 0 Å². The summed E-state index contributed by atoms with van der Waals surface area (Å²) in [5, 5.41) is 6.25. The Balaban J connectivity index is 1.94. The second-order valence-electron chi connectivity index (χ2n) is 6.80. The number of nitrogens with zero attached hydrogens (tertiary/aromatic N) is 2. The third-order valence-corrected chi connectivity index (χ3v) is 4.87. The highest BCUT2D eigenvalue weighted by atomic mass is 16.7. The van der Waals surface area contributed by atoms with Crippen molar-refractivity contribution < 1.29 is 14.3 Å². The first kappa shape index (κ1) is 16.4. The summed E-state index contributed by atoms with van der Waals surface area (Å²) in [7, 11) is 0. The monoisotopic (exact) mass is 351 g/mol. The minimum atomic E-state index is -0.0945. The van der Waals surface area contributed by atoms with Crippen molar-refractivity contribution in [3.8, 4) is 11.5 Å². The van der Waals surface area contributed by atoms with E-state index in [-0.39, 0.29) is 18.7 Å². The maximum absolute atomic E-state index is 12.2. The number of ether oxygens (including phenoxy) is 2. The van der Waals surface area contributed by atoms with Gasteiger partial charge in [-0.25, -0.2) is 5.01 Å². The first-order chi connectivity index (χ1) is 12.4. The van der Waals surface area contributed by atoms with Gasteiger partial charge in [0, 0.05) is 23.7 Å². The molecule has 2 N–H and O–H groups in total. The molecule has 0 aromatic heterocycles. The standard InChI is InChI=1S/C20H21N3O3/c1-11-4-5-14(7-17(11)21)20-16-9-19-18(25-10-26-19)8-15(16)6-12(2)23(22-20)13(3)24/h4-5,7-9,12H,6,10,21H2,1-3H3/t12-/m1/s1. The lowest BCUT2D eigenvalue weighted by atomic mass is 9.93. The number of hydrogen-bond acceptors (Lipinski definition) is 5. The van der Waals surface area contributed by atoms with Crippen LogP contribution < -0.4 is 15.2 Å². The van der Waals surface area contributed by atoms with Crippen LogP contribution in [0.1, 0.15) is 36.1 Å². The van der Waals surface area contributed by atoms with Crippen LogP contribution in [-0.4, -0.2) is 29.5 Å². The average Bonchev–Trinajstić information content (AvgIpc) is 2.99. The fourth-order valence-corrected chi connectivity index (χ4v) is 3.42. The van der Waals surface area contributed by atoms with Crippen molar-refractivity contribution in [1.29, 1.82) is 0 Å². The number of fused-ring (bicyclic) bond motifs is 2. The van der Waals surface area contributed by atoms with E-state index in [1.165, 1.54) is 11.9 Å². The van der Waals surface area contributed by atoms with Gasteiger partial charge in [-0.15, -0.1) is 0 Å². The molecule has 134 valence electrons. The van der Waals surface area contributed by atoms with Gasteiger partial charge in [0.05, 0.1) is 11.8 Å². The number of aryl methyl sites for hydroxylation is 1. The molecule has 0 unspecified atom stereocenters. The predicted octanol–water partition coefficient (Wildman–Crippen LogP) is 2.85. The lowest BCUT2D eigenvalue weighted by Crippen LogP contribution is -2.33. The van der Waals surface area contributed by atoms with E-state index >= 15 is 0 Å². The summed E-state index contributed by atoms with van der Waals surface area (Å²) in [5.41, 5.74) is 11.4. The van der Waals surface area contributed by atoms with Crippen LogP contribution in [0.4, 0.5) is 5.69 Å². The van der Waals surface area contributed by atoms with Gasteiger partial charge in [-0.3, -0.25) is 4.79 Å². The van der Waals surface area contributed by atoms with Gasteiger partial charge in [0.2, 0.25) is 12.7 Å². The summed E-state index contributed by atoms with van der Waals surface area (Å²) < 4.78 is 11.1. The number of nitrogens with two attached hydrogens (primary N) is 1. The molecule has 2 aromatic rings. The number of hydrogen-bond donors (Lipinski definition) is 1. The van der Waals surface area contributed by atoms with Crippen LogP contribution in [0.25, 0.3) is 0 Å². The lowest BCUT2D eigenvalue weighted by molar-refractivity contribution is -0.130. The van der Waals surface area contributed by atoms with Gasteiger partial charge in [0.25, 0.3) is 0 Å². The van der Waals surface area contributed by atoms with Gasteiger partial charge in [-0.05, 0) is 49.6 Å². The zero-order valence-electron chi connectivity index (χ0n) is 15.1. The van der Waals surface area contributed by atoms with Crippen molar-refractivity contribution in [2.75, 3.05) is 12.5 Å². The highest BCUT2D eigenvalue weighted by molar-refractivity contribution is 6.15. The van der Waals surface area contributed by atoms with Crippen molar-refractivity contribution in [3.05, 3.63) is 52.6 Å². The zero-order chi connectivity index (χ0) is 18.4. The number of nitrogen functional groups attached to an aromatic ring is 1. The van der Waals surface area contributed by atoms with E-state index in [1.54, 1.807) is 0 Å². The minimum absolute atomic E-state index is 0.0630. The third kappa shape index (κ3) is 2.67. The second kappa shape index (κ2) is 6.05. The van der Waals surface area contributed by atoms with Crippen molar-refractivity contribution in [2.24, 2.45) is 5.10 Å². The summed E-state index contributed by atoms with van der Waals surface area (Å²) in [4.78, 5) is 12.2. The Hall–Kier alpha value is -3.02. The van der Waals surface area contributed by atoms with Crippen LogP contribution in [0.5, 0.6) is 11.5 Å². The fraction of sp³-hybridized carbons (Fsp3) is 0.300. The number of amides is 1. The van der Waals surface area contributed by atoms with Crippen LogP contribution in [0, 0.1) is 6.92 Å². The number of carbonyl (C=O) groups is 1. The van der Waals surface area contributed by atoms with E-state index in [4.69, 9.17) is 20.3 Å². The van der Waals surface area contributed by atoms with E-state index in [1.807, 2.05) is 44.2 Å². The van der Waals surface area contributed by atoms with Gasteiger partial charge < -0.3 is 15.2 Å². The van der Waals surface area contributed by atoms with Crippen molar-refractivity contribution in [2.45, 2.75) is 33.2 Å². The Morgan fingerprint density at radius 2 is 1.96 bits per heavy atom. The molecule has 26 heavy (non-hydrogen) atoms. The molecule has 0 saturated carbocycles. The smallest absolute Gasteiger partial charge is 0.239 e. The molecule has 0 aliphatic carbocycles. The fourth-order valence-electron chi connectivity index (χ4n) is 3.42. The highest BCUT2D eigenvalue weighted by Gasteiger charge is 2.28. The molecular formula is C20H21N3O3. The molecule has 2 aliphatic rings. The SMILES string of the molecule is CC(=O)N1N=C(c2ccc(C)c(N)c2)c2cc3c(cc2C[C@H]1C)OCO3. The molecule has 0 spiro atoms. The molecule has 1 atom stereocenters. The van der Waals surface area contributed by atoms with Crippen LogP contribution in [0.2, 0.25) is 0 Å². The number of rotatable bonds is 1. The summed E-state index contributed by atoms with van der Waals surface area (Å²) >= 11 is 0. The molecule has 6 nitrogen and oxygen atoms in total. The van der Waals surface area contributed by atoms with Crippen molar-refractivity contribution in [1.82, 2.24) is 5.01 Å². The Morgan fingerprint density at radius 3 is 2.65 bits per heavy atom. The van der Waals surface area contributed by atoms with Gasteiger partial charge in [-0.2, -0.15) is 5.10 Å². The molecule has 4 rings (SSSR count). The molecule has 2 aromatic carbocycles. The van der Waals surface area contributed by atoms with Gasteiger partial charge >= 0.3 is 0 Å².